The summed E-state index contributed by atoms with van der Waals surface area (Å²) in [5.41, 5.74) is 2.67. The SMILES string of the molecule is CC(C)(CC=O)c1ccc2c(cnn2-c2ccc(F)cc2)c1. The third-order valence-corrected chi connectivity index (χ3v) is 4.01. The average Bonchev–Trinajstić information content (AvgIpc) is 2.91. The Hall–Kier alpha value is -2.49. The first-order valence-electron chi connectivity index (χ1n) is 7.19. The molecule has 0 unspecified atom stereocenters. The molecule has 0 aliphatic rings. The summed E-state index contributed by atoms with van der Waals surface area (Å²) < 4.78 is 14.8. The summed E-state index contributed by atoms with van der Waals surface area (Å²) in [5, 5.41) is 5.39. The number of aromatic nitrogens is 2. The zero-order chi connectivity index (χ0) is 15.7. The van der Waals surface area contributed by atoms with Gasteiger partial charge >= 0.3 is 0 Å². The second kappa shape index (κ2) is 5.37. The van der Waals surface area contributed by atoms with Crippen molar-refractivity contribution in [3.63, 3.8) is 0 Å². The Kier molecular flexibility index (Phi) is 3.53. The lowest BCUT2D eigenvalue weighted by atomic mass is 9.82. The molecule has 0 bridgehead atoms. The lowest BCUT2D eigenvalue weighted by Gasteiger charge is -2.22. The fraction of sp³-hybridized carbons (Fsp3) is 0.222. The Morgan fingerprint density at radius 3 is 2.59 bits per heavy atom. The molecule has 0 saturated heterocycles. The van der Waals surface area contributed by atoms with Gasteiger partial charge in [-0.15, -0.1) is 0 Å². The minimum Gasteiger partial charge on any atom is -0.303 e. The summed E-state index contributed by atoms with van der Waals surface area (Å²) in [4.78, 5) is 10.8. The minimum atomic E-state index is -0.266. The van der Waals surface area contributed by atoms with Crippen LogP contribution in [0.2, 0.25) is 0 Å². The van der Waals surface area contributed by atoms with Crippen LogP contribution in [-0.4, -0.2) is 16.1 Å². The molecule has 3 aromatic rings. The van der Waals surface area contributed by atoms with Crippen LogP contribution in [0.1, 0.15) is 25.8 Å². The van der Waals surface area contributed by atoms with Gasteiger partial charge in [-0.3, -0.25) is 0 Å². The smallest absolute Gasteiger partial charge is 0.123 e. The third-order valence-electron chi connectivity index (χ3n) is 4.01. The van der Waals surface area contributed by atoms with Crippen molar-refractivity contribution in [2.45, 2.75) is 25.7 Å². The fourth-order valence-electron chi connectivity index (χ4n) is 2.57. The van der Waals surface area contributed by atoms with Gasteiger partial charge < -0.3 is 4.79 Å². The maximum atomic E-state index is 13.0. The molecule has 22 heavy (non-hydrogen) atoms. The number of benzene rings is 2. The predicted octanol–water partition coefficient (Wildman–Crippen LogP) is 4.03. The van der Waals surface area contributed by atoms with Crippen molar-refractivity contribution in [1.29, 1.82) is 0 Å². The van der Waals surface area contributed by atoms with Crippen LogP contribution in [0.15, 0.2) is 48.7 Å². The van der Waals surface area contributed by atoms with Crippen molar-refractivity contribution in [2.75, 3.05) is 0 Å². The van der Waals surface area contributed by atoms with Gasteiger partial charge in [0.15, 0.2) is 0 Å². The molecule has 0 atom stereocenters. The van der Waals surface area contributed by atoms with Crippen LogP contribution in [0.25, 0.3) is 16.6 Å². The molecule has 0 amide bonds. The Bertz CT molecular complexity index is 819. The van der Waals surface area contributed by atoms with Crippen molar-refractivity contribution >= 4 is 17.2 Å². The second-order valence-corrected chi connectivity index (χ2v) is 6.06. The van der Waals surface area contributed by atoms with Gasteiger partial charge in [0, 0.05) is 11.8 Å². The highest BCUT2D eigenvalue weighted by molar-refractivity contribution is 5.81. The normalized spacial score (nSPS) is 11.8. The van der Waals surface area contributed by atoms with E-state index < -0.39 is 0 Å². The molecular formula is C18H17FN2O. The Morgan fingerprint density at radius 1 is 1.18 bits per heavy atom. The van der Waals surface area contributed by atoms with E-state index in [0.717, 1.165) is 28.4 Å². The topological polar surface area (TPSA) is 34.9 Å². The van der Waals surface area contributed by atoms with E-state index in [1.807, 2.05) is 26.0 Å². The first-order chi connectivity index (χ1) is 10.5. The van der Waals surface area contributed by atoms with Gasteiger partial charge in [-0.1, -0.05) is 19.9 Å². The van der Waals surface area contributed by atoms with Gasteiger partial charge in [-0.05, 0) is 47.4 Å². The largest absolute Gasteiger partial charge is 0.303 e. The standard InChI is InChI=1S/C18H17FN2O/c1-18(2,9-10-22)14-3-8-17-13(11-14)12-20-21(17)16-6-4-15(19)5-7-16/h3-8,10-12H,9H2,1-2H3. The highest BCUT2D eigenvalue weighted by atomic mass is 19.1. The van der Waals surface area contributed by atoms with E-state index in [2.05, 4.69) is 11.2 Å². The quantitative estimate of drug-likeness (QED) is 0.681. The van der Waals surface area contributed by atoms with Gasteiger partial charge in [0.25, 0.3) is 0 Å². The lowest BCUT2D eigenvalue weighted by molar-refractivity contribution is -0.108. The third kappa shape index (κ3) is 2.52. The number of rotatable bonds is 4. The summed E-state index contributed by atoms with van der Waals surface area (Å²) >= 11 is 0. The molecule has 4 heteroatoms. The molecule has 0 N–H and O–H groups in total. The summed E-state index contributed by atoms with van der Waals surface area (Å²) in [5.74, 6) is -0.266. The summed E-state index contributed by atoms with van der Waals surface area (Å²) in [6.45, 7) is 4.10. The van der Waals surface area contributed by atoms with E-state index in [9.17, 15) is 9.18 Å². The molecule has 112 valence electrons. The number of carbonyl (C=O) groups is 1. The molecule has 3 nitrogen and oxygen atoms in total. The molecule has 3 rings (SSSR count). The van der Waals surface area contributed by atoms with Crippen LogP contribution < -0.4 is 0 Å². The first kappa shape index (κ1) is 14.4. The van der Waals surface area contributed by atoms with Crippen molar-refractivity contribution in [2.24, 2.45) is 0 Å². The number of aldehydes is 1. The van der Waals surface area contributed by atoms with Crippen LogP contribution in [0, 0.1) is 5.82 Å². The van der Waals surface area contributed by atoms with E-state index in [0.29, 0.717) is 6.42 Å². The molecule has 2 aromatic carbocycles. The number of nitrogens with zero attached hydrogens (tertiary/aromatic N) is 2. The van der Waals surface area contributed by atoms with Crippen LogP contribution in [0.4, 0.5) is 4.39 Å². The number of hydrogen-bond donors (Lipinski definition) is 0. The molecule has 1 heterocycles. The Morgan fingerprint density at radius 2 is 1.91 bits per heavy atom. The van der Waals surface area contributed by atoms with E-state index >= 15 is 0 Å². The van der Waals surface area contributed by atoms with Crippen molar-refractivity contribution < 1.29 is 9.18 Å². The van der Waals surface area contributed by atoms with Gasteiger partial charge in [0.1, 0.15) is 12.1 Å². The maximum Gasteiger partial charge on any atom is 0.123 e. The zero-order valence-corrected chi connectivity index (χ0v) is 12.6. The molecule has 0 aliphatic heterocycles. The number of fused-ring (bicyclic) bond motifs is 1. The van der Waals surface area contributed by atoms with Gasteiger partial charge in [0.2, 0.25) is 0 Å². The number of carbonyl (C=O) groups excluding carboxylic acids is 1. The van der Waals surface area contributed by atoms with Crippen LogP contribution in [0.3, 0.4) is 0 Å². The fourth-order valence-corrected chi connectivity index (χ4v) is 2.57. The molecule has 0 fully saturated rings. The van der Waals surface area contributed by atoms with E-state index in [1.165, 1.54) is 12.1 Å². The van der Waals surface area contributed by atoms with Gasteiger partial charge in [-0.2, -0.15) is 5.10 Å². The summed E-state index contributed by atoms with van der Waals surface area (Å²) in [7, 11) is 0. The van der Waals surface area contributed by atoms with Crippen LogP contribution in [-0.2, 0) is 10.2 Å². The Labute approximate surface area is 128 Å². The van der Waals surface area contributed by atoms with E-state index in [1.54, 1.807) is 23.0 Å². The summed E-state index contributed by atoms with van der Waals surface area (Å²) in [6, 6.07) is 12.3. The van der Waals surface area contributed by atoms with Crippen molar-refractivity contribution in [3.8, 4) is 5.69 Å². The average molecular weight is 296 g/mol. The molecular weight excluding hydrogens is 279 g/mol. The highest BCUT2D eigenvalue weighted by Crippen LogP contribution is 2.29. The van der Waals surface area contributed by atoms with E-state index in [-0.39, 0.29) is 11.2 Å². The van der Waals surface area contributed by atoms with Gasteiger partial charge in [0.05, 0.1) is 17.4 Å². The molecule has 0 spiro atoms. The van der Waals surface area contributed by atoms with Gasteiger partial charge in [-0.25, -0.2) is 9.07 Å². The minimum absolute atomic E-state index is 0.200. The van der Waals surface area contributed by atoms with Crippen LogP contribution in [0.5, 0.6) is 0 Å². The second-order valence-electron chi connectivity index (χ2n) is 6.06. The van der Waals surface area contributed by atoms with Crippen LogP contribution >= 0.6 is 0 Å². The molecule has 1 aromatic heterocycles. The molecule has 0 saturated carbocycles. The number of hydrogen-bond acceptors (Lipinski definition) is 2. The Balaban J connectivity index is 2.06. The maximum absolute atomic E-state index is 13.0. The zero-order valence-electron chi connectivity index (χ0n) is 12.6. The number of halogens is 1. The van der Waals surface area contributed by atoms with Crippen molar-refractivity contribution in [3.05, 3.63) is 60.0 Å². The summed E-state index contributed by atoms with van der Waals surface area (Å²) in [6.07, 6.45) is 3.22. The highest BCUT2D eigenvalue weighted by Gasteiger charge is 2.20. The van der Waals surface area contributed by atoms with E-state index in [4.69, 9.17) is 0 Å². The predicted molar refractivity (Wildman–Crippen MR) is 84.7 cm³/mol. The monoisotopic (exact) mass is 296 g/mol. The van der Waals surface area contributed by atoms with Crippen molar-refractivity contribution in [1.82, 2.24) is 9.78 Å². The first-order valence-corrected chi connectivity index (χ1v) is 7.19. The molecule has 0 aliphatic carbocycles. The lowest BCUT2D eigenvalue weighted by Crippen LogP contribution is -2.17. The molecule has 0 radical (unpaired) electrons.